The Bertz CT molecular complexity index is 945. The molecule has 0 saturated carbocycles. The Morgan fingerprint density at radius 1 is 0.800 bits per heavy atom. The van der Waals surface area contributed by atoms with Gasteiger partial charge in [0.1, 0.15) is 0 Å². The highest BCUT2D eigenvalue weighted by molar-refractivity contribution is 7.44. The van der Waals surface area contributed by atoms with Crippen LogP contribution in [0.1, 0.15) is 89.0 Å². The third-order valence-electron chi connectivity index (χ3n) is 8.97. The summed E-state index contributed by atoms with van der Waals surface area (Å²) in [5, 5.41) is 15.0. The molecule has 0 aromatic rings. The predicted molar refractivity (Wildman–Crippen MR) is 173 cm³/mol. The Kier molecular flexibility index (Phi) is 17.2. The highest BCUT2D eigenvalue weighted by atomic mass is 31.2. The SMILES string of the molecule is CCC1OC(OCC2OC(OCCOP(OCCC#N)N(C(C)C)C(C)C)C(NC(C)=O)C(C)C2C)C(NC(C)=O)C(C)C1C. The van der Waals surface area contributed by atoms with Crippen molar-refractivity contribution < 1.29 is 37.6 Å². The van der Waals surface area contributed by atoms with Gasteiger partial charge in [0.15, 0.2) is 12.6 Å². The van der Waals surface area contributed by atoms with Crippen LogP contribution in [0.15, 0.2) is 0 Å². The van der Waals surface area contributed by atoms with Crippen molar-refractivity contribution in [3.05, 3.63) is 0 Å². The molecule has 12 nitrogen and oxygen atoms in total. The number of amides is 2. The number of nitrogens with one attached hydrogen (secondary N) is 2. The van der Waals surface area contributed by atoms with Gasteiger partial charge >= 0.3 is 0 Å². The van der Waals surface area contributed by atoms with Gasteiger partial charge in [0.25, 0.3) is 8.53 Å². The quantitative estimate of drug-likeness (QED) is 0.167. The van der Waals surface area contributed by atoms with E-state index in [1.165, 1.54) is 13.8 Å². The summed E-state index contributed by atoms with van der Waals surface area (Å²) in [5.74, 6) is 0.195. The number of nitrogens with zero attached hydrogens (tertiary/aromatic N) is 2. The van der Waals surface area contributed by atoms with E-state index in [4.69, 9.17) is 33.3 Å². The van der Waals surface area contributed by atoms with Crippen LogP contribution in [0.3, 0.4) is 0 Å². The third kappa shape index (κ3) is 11.7. The number of nitriles is 1. The van der Waals surface area contributed by atoms with Crippen molar-refractivity contribution in [1.82, 2.24) is 15.3 Å². The number of carbonyl (C=O) groups excluding carboxylic acids is 2. The van der Waals surface area contributed by atoms with E-state index in [1.807, 2.05) is 0 Å². The lowest BCUT2D eigenvalue weighted by atomic mass is 9.81. The molecule has 45 heavy (non-hydrogen) atoms. The molecule has 0 bridgehead atoms. The maximum Gasteiger partial charge on any atom is 0.259 e. The van der Waals surface area contributed by atoms with Gasteiger partial charge in [0, 0.05) is 25.9 Å². The van der Waals surface area contributed by atoms with Crippen LogP contribution in [0.2, 0.25) is 0 Å². The summed E-state index contributed by atoms with van der Waals surface area (Å²) in [5.41, 5.74) is 0. The standard InChI is InChI=1S/C32H59N4O8P/c1-12-27-21(6)23(8)30(35-26(11)38)32(43-27)40-18-28-22(7)24(9)29(34-25(10)37)31(44-28)39-16-17-42-45(41-15-13-14-33)36(19(2)3)20(4)5/h19-24,27-32H,12-13,15-18H2,1-11H3,(H,34,37)(H,35,38). The van der Waals surface area contributed by atoms with E-state index >= 15 is 0 Å². The van der Waals surface area contributed by atoms with Crippen molar-refractivity contribution in [2.45, 2.75) is 138 Å². The first-order valence-corrected chi connectivity index (χ1v) is 17.7. The first-order valence-electron chi connectivity index (χ1n) is 16.5. The highest BCUT2D eigenvalue weighted by Crippen LogP contribution is 2.46. The molecule has 2 amide bonds. The Labute approximate surface area is 272 Å². The summed E-state index contributed by atoms with van der Waals surface area (Å²) in [4.78, 5) is 24.2. The lowest BCUT2D eigenvalue weighted by molar-refractivity contribution is -0.278. The van der Waals surface area contributed by atoms with Gasteiger partial charge in [-0.3, -0.25) is 9.59 Å². The summed E-state index contributed by atoms with van der Waals surface area (Å²) in [6.07, 6.45) is -0.520. The van der Waals surface area contributed by atoms with Crippen LogP contribution in [0.5, 0.6) is 0 Å². The molecule has 0 aromatic heterocycles. The minimum Gasteiger partial charge on any atom is -0.348 e. The molecule has 2 N–H and O–H groups in total. The summed E-state index contributed by atoms with van der Waals surface area (Å²) in [6, 6.07) is 1.83. The molecule has 0 radical (unpaired) electrons. The smallest absolute Gasteiger partial charge is 0.259 e. The topological polar surface area (TPSA) is 141 Å². The summed E-state index contributed by atoms with van der Waals surface area (Å²) in [7, 11) is -1.40. The molecule has 2 saturated heterocycles. The average Bonchev–Trinajstić information content (AvgIpc) is 2.96. The minimum atomic E-state index is -1.40. The second-order valence-electron chi connectivity index (χ2n) is 13.0. The van der Waals surface area contributed by atoms with Crippen LogP contribution >= 0.6 is 8.53 Å². The second-order valence-corrected chi connectivity index (χ2v) is 14.4. The second kappa shape index (κ2) is 19.4. The van der Waals surface area contributed by atoms with Crippen LogP contribution in [-0.2, 0) is 37.6 Å². The molecule has 0 aliphatic carbocycles. The molecule has 2 aliphatic heterocycles. The molecule has 13 heteroatoms. The maximum atomic E-state index is 12.1. The van der Waals surface area contributed by atoms with Gasteiger partial charge in [-0.15, -0.1) is 0 Å². The largest absolute Gasteiger partial charge is 0.348 e. The molecule has 2 rings (SSSR count). The van der Waals surface area contributed by atoms with Crippen molar-refractivity contribution in [2.75, 3.05) is 26.4 Å². The Morgan fingerprint density at radius 2 is 1.29 bits per heavy atom. The van der Waals surface area contributed by atoms with Crippen molar-refractivity contribution in [3.63, 3.8) is 0 Å². The van der Waals surface area contributed by atoms with Crippen molar-refractivity contribution >= 4 is 20.3 Å². The molecule has 260 valence electrons. The van der Waals surface area contributed by atoms with Crippen LogP contribution in [0, 0.1) is 35.0 Å². The maximum absolute atomic E-state index is 12.1. The number of hydrogen-bond donors (Lipinski definition) is 2. The number of rotatable bonds is 17. The molecule has 11 atom stereocenters. The van der Waals surface area contributed by atoms with Gasteiger partial charge in [-0.1, -0.05) is 34.6 Å². The van der Waals surface area contributed by atoms with E-state index in [9.17, 15) is 9.59 Å². The average molecular weight is 659 g/mol. The Morgan fingerprint density at radius 3 is 1.78 bits per heavy atom. The fourth-order valence-electron chi connectivity index (χ4n) is 6.18. The molecule has 2 fully saturated rings. The van der Waals surface area contributed by atoms with E-state index in [2.05, 4.69) is 83.7 Å². The fraction of sp³-hybridized carbons (Fsp3) is 0.906. The van der Waals surface area contributed by atoms with Gasteiger partial charge in [-0.25, -0.2) is 4.67 Å². The molecule has 0 spiro atoms. The van der Waals surface area contributed by atoms with E-state index in [-0.39, 0.29) is 105 Å². The van der Waals surface area contributed by atoms with Crippen molar-refractivity contribution in [2.24, 2.45) is 23.7 Å². The first-order chi connectivity index (χ1) is 21.2. The van der Waals surface area contributed by atoms with Crippen molar-refractivity contribution in [3.8, 4) is 6.07 Å². The van der Waals surface area contributed by atoms with E-state index in [1.54, 1.807) is 0 Å². The Balaban J connectivity index is 2.12. The highest BCUT2D eigenvalue weighted by Gasteiger charge is 2.45. The molecule has 2 heterocycles. The van der Waals surface area contributed by atoms with Crippen LogP contribution in [0.25, 0.3) is 0 Å². The lowest BCUT2D eigenvalue weighted by Gasteiger charge is -2.47. The molecule has 2 aliphatic rings. The first kappa shape index (κ1) is 39.8. The van der Waals surface area contributed by atoms with E-state index < -0.39 is 21.1 Å². The van der Waals surface area contributed by atoms with E-state index in [0.717, 1.165) is 6.42 Å². The summed E-state index contributed by atoms with van der Waals surface area (Å²) in [6.45, 7) is 22.8. The zero-order chi connectivity index (χ0) is 33.8. The molecular weight excluding hydrogens is 599 g/mol. The van der Waals surface area contributed by atoms with Crippen LogP contribution in [-0.4, -0.2) is 91.9 Å². The van der Waals surface area contributed by atoms with E-state index in [0.29, 0.717) is 0 Å². The van der Waals surface area contributed by atoms with Crippen LogP contribution < -0.4 is 10.6 Å². The fourth-order valence-corrected chi connectivity index (χ4v) is 7.76. The number of carbonyl (C=O) groups is 2. The minimum absolute atomic E-state index is 0.0201. The molecule has 0 aromatic carbocycles. The van der Waals surface area contributed by atoms with Crippen LogP contribution in [0.4, 0.5) is 0 Å². The molecule has 11 unspecified atom stereocenters. The van der Waals surface area contributed by atoms with Gasteiger partial charge in [0.05, 0.1) is 63.2 Å². The van der Waals surface area contributed by atoms with Gasteiger partial charge in [0.2, 0.25) is 11.8 Å². The van der Waals surface area contributed by atoms with Gasteiger partial charge in [-0.2, -0.15) is 5.26 Å². The monoisotopic (exact) mass is 658 g/mol. The predicted octanol–water partition coefficient (Wildman–Crippen LogP) is 4.73. The van der Waals surface area contributed by atoms with Gasteiger partial charge in [-0.05, 0) is 57.8 Å². The summed E-state index contributed by atoms with van der Waals surface area (Å²) < 4.78 is 39.7. The van der Waals surface area contributed by atoms with Crippen molar-refractivity contribution in [1.29, 1.82) is 5.26 Å². The zero-order valence-corrected chi connectivity index (χ0v) is 30.2. The molecular formula is C32H59N4O8P. The number of ether oxygens (including phenoxy) is 4. The zero-order valence-electron chi connectivity index (χ0n) is 29.3. The Hall–Kier alpha value is -1.42. The number of hydrogen-bond acceptors (Lipinski definition) is 10. The normalized spacial score (nSPS) is 32.8. The summed E-state index contributed by atoms with van der Waals surface area (Å²) >= 11 is 0. The third-order valence-corrected chi connectivity index (χ3v) is 11.1. The van der Waals surface area contributed by atoms with Gasteiger partial charge < -0.3 is 38.6 Å². The lowest BCUT2D eigenvalue weighted by Crippen LogP contribution is -2.60.